The van der Waals surface area contributed by atoms with Gasteiger partial charge < -0.3 is 23.7 Å². The normalized spacial score (nSPS) is 29.1. The first-order chi connectivity index (χ1) is 16.1. The molecule has 0 amide bonds. The Hall–Kier alpha value is -2.94. The molecule has 1 aliphatic heterocycles. The van der Waals surface area contributed by atoms with Crippen molar-refractivity contribution in [1.29, 1.82) is 0 Å². The molecule has 0 N–H and O–H groups in total. The number of rotatable bonds is 6. The van der Waals surface area contributed by atoms with Crippen molar-refractivity contribution in [2.75, 3.05) is 7.11 Å². The Morgan fingerprint density at radius 2 is 1.56 bits per heavy atom. The molecule has 2 fully saturated rings. The van der Waals surface area contributed by atoms with Gasteiger partial charge in [0.15, 0.2) is 18.3 Å². The molecule has 0 radical (unpaired) electrons. The summed E-state index contributed by atoms with van der Waals surface area (Å²) in [5, 5.41) is 0. The van der Waals surface area contributed by atoms with Gasteiger partial charge in [0.2, 0.25) is 0 Å². The highest BCUT2D eigenvalue weighted by molar-refractivity contribution is 5.80. The summed E-state index contributed by atoms with van der Waals surface area (Å²) in [6.45, 7) is 5.40. The zero-order chi connectivity index (χ0) is 25.0. The molecule has 0 spiro atoms. The van der Waals surface area contributed by atoms with Gasteiger partial charge in [-0.05, 0) is 43.4 Å². The number of methoxy groups -OCH3 is 1. The van der Waals surface area contributed by atoms with E-state index in [9.17, 15) is 19.2 Å². The van der Waals surface area contributed by atoms with E-state index in [1.807, 2.05) is 12.1 Å². The molecule has 2 aliphatic rings. The van der Waals surface area contributed by atoms with Crippen LogP contribution in [0, 0.1) is 0 Å². The van der Waals surface area contributed by atoms with Crippen LogP contribution in [0.1, 0.15) is 76.5 Å². The van der Waals surface area contributed by atoms with Crippen LogP contribution in [-0.4, -0.2) is 55.2 Å². The second-order valence-corrected chi connectivity index (χ2v) is 8.82. The lowest BCUT2D eigenvalue weighted by Crippen LogP contribution is -2.57. The van der Waals surface area contributed by atoms with E-state index < -0.39 is 48.4 Å². The fraction of sp³-hybridized carbons (Fsp3) is 0.600. The van der Waals surface area contributed by atoms with E-state index in [2.05, 4.69) is 0 Å². The third-order valence-electron chi connectivity index (χ3n) is 6.19. The first kappa shape index (κ1) is 25.7. The first-order valence-electron chi connectivity index (χ1n) is 11.5. The predicted molar refractivity (Wildman–Crippen MR) is 119 cm³/mol. The van der Waals surface area contributed by atoms with E-state index in [0.29, 0.717) is 24.2 Å². The van der Waals surface area contributed by atoms with Crippen molar-refractivity contribution in [3.05, 3.63) is 29.3 Å². The maximum absolute atomic E-state index is 12.0. The maximum Gasteiger partial charge on any atom is 0.303 e. The second-order valence-electron chi connectivity index (χ2n) is 8.82. The average molecular weight is 477 g/mol. The van der Waals surface area contributed by atoms with Gasteiger partial charge in [0, 0.05) is 39.2 Å². The lowest BCUT2D eigenvalue weighted by atomic mass is 9.81. The van der Waals surface area contributed by atoms with Crippen LogP contribution in [0.25, 0.3) is 0 Å². The van der Waals surface area contributed by atoms with Gasteiger partial charge in [0.1, 0.15) is 17.6 Å². The fourth-order valence-corrected chi connectivity index (χ4v) is 4.80. The molecule has 1 aromatic carbocycles. The lowest BCUT2D eigenvalue weighted by molar-refractivity contribution is -0.245. The highest BCUT2D eigenvalue weighted by atomic mass is 16.6. The standard InChI is InChI=1S/C25H32O9/c1-13-22(32-14(2)26)24(33-15(3)27)25(34-16(4)28)23(31-13)20-12-18(9-10-21(20)30-5)17-7-6-8-19(29)11-17/h9-10,12-13,17,22-25H,6-8,11H2,1-5H3/t13-,17?,22+,23+,24+,25+/m0/s1. The molecule has 6 atom stereocenters. The number of ketones is 1. The molecular formula is C25H32O9. The maximum atomic E-state index is 12.0. The Kier molecular flexibility index (Phi) is 8.30. The van der Waals surface area contributed by atoms with Gasteiger partial charge in [-0.25, -0.2) is 0 Å². The number of hydrogen-bond acceptors (Lipinski definition) is 9. The van der Waals surface area contributed by atoms with Crippen LogP contribution in [-0.2, 0) is 38.1 Å². The minimum absolute atomic E-state index is 0.0668. The zero-order valence-corrected chi connectivity index (χ0v) is 20.2. The minimum atomic E-state index is -1.10. The Bertz CT molecular complexity index is 940. The van der Waals surface area contributed by atoms with Gasteiger partial charge in [0.25, 0.3) is 0 Å². The molecule has 1 aromatic rings. The second kappa shape index (κ2) is 11.0. The largest absolute Gasteiger partial charge is 0.496 e. The Labute approximate surface area is 199 Å². The molecule has 1 unspecified atom stereocenters. The van der Waals surface area contributed by atoms with Crippen LogP contribution < -0.4 is 4.74 Å². The minimum Gasteiger partial charge on any atom is -0.496 e. The average Bonchev–Trinajstić information content (AvgIpc) is 2.76. The summed E-state index contributed by atoms with van der Waals surface area (Å²) in [6.07, 6.45) is -1.95. The van der Waals surface area contributed by atoms with Gasteiger partial charge in [0.05, 0.1) is 13.2 Å². The third-order valence-corrected chi connectivity index (χ3v) is 6.19. The quantitative estimate of drug-likeness (QED) is 0.451. The van der Waals surface area contributed by atoms with Gasteiger partial charge in [-0.1, -0.05) is 6.07 Å². The smallest absolute Gasteiger partial charge is 0.303 e. The van der Waals surface area contributed by atoms with E-state index in [4.69, 9.17) is 23.7 Å². The molecule has 3 rings (SSSR count). The summed E-state index contributed by atoms with van der Waals surface area (Å²) in [5.74, 6) is -1.02. The number of ether oxygens (including phenoxy) is 5. The molecule has 9 heteroatoms. The zero-order valence-electron chi connectivity index (χ0n) is 20.2. The van der Waals surface area contributed by atoms with Crippen LogP contribution in [0.3, 0.4) is 0 Å². The topological polar surface area (TPSA) is 114 Å². The number of hydrogen-bond donors (Lipinski definition) is 0. The summed E-state index contributed by atoms with van der Waals surface area (Å²) in [6, 6.07) is 5.61. The molecule has 0 bridgehead atoms. The molecule has 1 saturated heterocycles. The van der Waals surface area contributed by atoms with Gasteiger partial charge in [-0.2, -0.15) is 0 Å². The van der Waals surface area contributed by atoms with E-state index in [1.54, 1.807) is 13.0 Å². The van der Waals surface area contributed by atoms with Crippen molar-refractivity contribution in [3.63, 3.8) is 0 Å². The predicted octanol–water partition coefficient (Wildman–Crippen LogP) is 3.18. The summed E-state index contributed by atoms with van der Waals surface area (Å²) >= 11 is 0. The van der Waals surface area contributed by atoms with Gasteiger partial charge >= 0.3 is 17.9 Å². The van der Waals surface area contributed by atoms with Crippen LogP contribution in [0.2, 0.25) is 0 Å². The van der Waals surface area contributed by atoms with Crippen LogP contribution in [0.5, 0.6) is 5.75 Å². The van der Waals surface area contributed by atoms with Crippen LogP contribution in [0.4, 0.5) is 0 Å². The highest BCUT2D eigenvalue weighted by Crippen LogP contribution is 2.42. The Morgan fingerprint density at radius 3 is 2.15 bits per heavy atom. The van der Waals surface area contributed by atoms with Gasteiger partial charge in [-0.15, -0.1) is 0 Å². The molecule has 34 heavy (non-hydrogen) atoms. The summed E-state index contributed by atoms with van der Waals surface area (Å²) < 4.78 is 28.3. The van der Waals surface area contributed by atoms with Crippen molar-refractivity contribution in [1.82, 2.24) is 0 Å². The third kappa shape index (κ3) is 5.94. The number of esters is 3. The first-order valence-corrected chi connectivity index (χ1v) is 11.5. The SMILES string of the molecule is COc1ccc(C2CCCC(=O)C2)cc1[C@H]1O[C@@H](C)[C@@H](OC(C)=O)[C@@H](OC(C)=O)[C@@H]1OC(C)=O. The number of carbonyl (C=O) groups excluding carboxylic acids is 4. The Balaban J connectivity index is 2.06. The van der Waals surface area contributed by atoms with Crippen molar-refractivity contribution < 1.29 is 42.9 Å². The molecule has 1 heterocycles. The summed E-state index contributed by atoms with van der Waals surface area (Å²) in [7, 11) is 1.51. The number of benzene rings is 1. The molecule has 0 aromatic heterocycles. The van der Waals surface area contributed by atoms with Crippen LogP contribution >= 0.6 is 0 Å². The number of Topliss-reactive ketones (excluding diaryl/α,β-unsaturated/α-hetero) is 1. The van der Waals surface area contributed by atoms with E-state index >= 15 is 0 Å². The fourth-order valence-electron chi connectivity index (χ4n) is 4.80. The van der Waals surface area contributed by atoms with Crippen molar-refractivity contribution in [2.24, 2.45) is 0 Å². The Morgan fingerprint density at radius 1 is 0.941 bits per heavy atom. The molecule has 1 aliphatic carbocycles. The van der Waals surface area contributed by atoms with E-state index in [1.165, 1.54) is 27.9 Å². The molecular weight excluding hydrogens is 444 g/mol. The highest BCUT2D eigenvalue weighted by Gasteiger charge is 2.51. The van der Waals surface area contributed by atoms with E-state index in [0.717, 1.165) is 18.4 Å². The van der Waals surface area contributed by atoms with Crippen molar-refractivity contribution in [2.45, 2.75) is 89.8 Å². The monoisotopic (exact) mass is 476 g/mol. The summed E-state index contributed by atoms with van der Waals surface area (Å²) in [5.41, 5.74) is 1.54. The van der Waals surface area contributed by atoms with Crippen molar-refractivity contribution >= 4 is 23.7 Å². The van der Waals surface area contributed by atoms with Gasteiger partial charge in [-0.3, -0.25) is 19.2 Å². The lowest BCUT2D eigenvalue weighted by Gasteiger charge is -2.44. The van der Waals surface area contributed by atoms with E-state index in [-0.39, 0.29) is 11.7 Å². The summed E-state index contributed by atoms with van der Waals surface area (Å²) in [4.78, 5) is 47.8. The molecule has 9 nitrogen and oxygen atoms in total. The number of carbonyl (C=O) groups is 4. The van der Waals surface area contributed by atoms with Crippen LogP contribution in [0.15, 0.2) is 18.2 Å². The molecule has 1 saturated carbocycles. The molecule has 186 valence electrons. The van der Waals surface area contributed by atoms with Crippen molar-refractivity contribution in [3.8, 4) is 5.75 Å².